The largest absolute Gasteiger partial charge is 0.393 e. The van der Waals surface area contributed by atoms with E-state index in [9.17, 15) is 18.0 Å². The van der Waals surface area contributed by atoms with E-state index in [4.69, 9.17) is 5.73 Å². The van der Waals surface area contributed by atoms with Crippen molar-refractivity contribution < 1.29 is 18.0 Å². The third kappa shape index (κ3) is 1.74. The Kier molecular flexibility index (Phi) is 2.36. The first-order valence-corrected chi connectivity index (χ1v) is 4.68. The number of carbonyl (C=O) groups excluding carboxylic acids is 1. The number of nitrogens with zero attached hydrogens (tertiary/aromatic N) is 3. The van der Waals surface area contributed by atoms with Crippen molar-refractivity contribution in [3.63, 3.8) is 0 Å². The summed E-state index contributed by atoms with van der Waals surface area (Å²) >= 11 is 0. The monoisotopic (exact) mass is 234 g/mol. The highest BCUT2D eigenvalue weighted by Gasteiger charge is 2.42. The minimum absolute atomic E-state index is 0.0274. The number of nitrogens with two attached hydrogens (primary N) is 1. The quantitative estimate of drug-likeness (QED) is 0.769. The number of rotatable bonds is 1. The SMILES string of the molecule is NC(=O)c1nnc2n1CC(C(F)(F)F)CC2. The molecular formula is C8H9F3N4O. The molecule has 0 fully saturated rings. The number of halogens is 3. The lowest BCUT2D eigenvalue weighted by molar-refractivity contribution is -0.182. The second-order valence-electron chi connectivity index (χ2n) is 3.69. The van der Waals surface area contributed by atoms with Gasteiger partial charge < -0.3 is 10.3 Å². The van der Waals surface area contributed by atoms with Crippen LogP contribution < -0.4 is 5.73 Å². The number of hydrogen-bond acceptors (Lipinski definition) is 3. The zero-order valence-electron chi connectivity index (χ0n) is 8.16. The maximum absolute atomic E-state index is 12.5. The molecule has 0 aromatic carbocycles. The molecule has 2 N–H and O–H groups in total. The summed E-state index contributed by atoms with van der Waals surface area (Å²) < 4.78 is 38.7. The Morgan fingerprint density at radius 3 is 2.69 bits per heavy atom. The van der Waals surface area contributed by atoms with Crippen molar-refractivity contribution in [3.8, 4) is 0 Å². The first-order valence-electron chi connectivity index (χ1n) is 4.68. The maximum Gasteiger partial charge on any atom is 0.393 e. The van der Waals surface area contributed by atoms with E-state index in [1.807, 2.05) is 0 Å². The lowest BCUT2D eigenvalue weighted by atomic mass is 9.99. The van der Waals surface area contributed by atoms with Gasteiger partial charge in [-0.3, -0.25) is 4.79 Å². The van der Waals surface area contributed by atoms with Crippen LogP contribution in [0.2, 0.25) is 0 Å². The van der Waals surface area contributed by atoms with Crippen molar-refractivity contribution in [2.45, 2.75) is 25.6 Å². The van der Waals surface area contributed by atoms with Gasteiger partial charge in [0.15, 0.2) is 0 Å². The molecule has 1 atom stereocenters. The highest BCUT2D eigenvalue weighted by molar-refractivity contribution is 5.89. The van der Waals surface area contributed by atoms with Crippen LogP contribution in [0, 0.1) is 5.92 Å². The molecule has 0 saturated heterocycles. The van der Waals surface area contributed by atoms with Gasteiger partial charge in [0.1, 0.15) is 5.82 Å². The topological polar surface area (TPSA) is 73.8 Å². The van der Waals surface area contributed by atoms with Gasteiger partial charge in [0.05, 0.1) is 5.92 Å². The van der Waals surface area contributed by atoms with Gasteiger partial charge in [0, 0.05) is 13.0 Å². The van der Waals surface area contributed by atoms with E-state index in [1.54, 1.807) is 0 Å². The van der Waals surface area contributed by atoms with Crippen LogP contribution in [0.4, 0.5) is 13.2 Å². The molecule has 1 aromatic heterocycles. The number of carbonyl (C=O) groups is 1. The number of alkyl halides is 3. The number of aryl methyl sites for hydroxylation is 1. The van der Waals surface area contributed by atoms with E-state index in [1.165, 1.54) is 0 Å². The molecule has 1 unspecified atom stereocenters. The number of hydrogen-bond donors (Lipinski definition) is 1. The molecule has 88 valence electrons. The highest BCUT2D eigenvalue weighted by atomic mass is 19.4. The number of primary amides is 1. The maximum atomic E-state index is 12.5. The second kappa shape index (κ2) is 3.46. The van der Waals surface area contributed by atoms with Crippen molar-refractivity contribution in [1.82, 2.24) is 14.8 Å². The van der Waals surface area contributed by atoms with E-state index in [0.717, 1.165) is 4.57 Å². The summed E-state index contributed by atoms with van der Waals surface area (Å²) in [7, 11) is 0. The molecular weight excluding hydrogens is 225 g/mol. The van der Waals surface area contributed by atoms with E-state index in [0.29, 0.717) is 5.82 Å². The van der Waals surface area contributed by atoms with Gasteiger partial charge in [-0.05, 0) is 6.42 Å². The summed E-state index contributed by atoms with van der Waals surface area (Å²) in [6.45, 7) is -0.329. The molecule has 2 rings (SSSR count). The average molecular weight is 234 g/mol. The summed E-state index contributed by atoms with van der Waals surface area (Å²) in [5.74, 6) is -2.14. The third-order valence-electron chi connectivity index (χ3n) is 2.63. The summed E-state index contributed by atoms with van der Waals surface area (Å²) in [6, 6.07) is 0. The first-order chi connectivity index (χ1) is 7.39. The molecule has 1 aromatic rings. The van der Waals surface area contributed by atoms with Crippen LogP contribution in [0.5, 0.6) is 0 Å². The van der Waals surface area contributed by atoms with E-state index in [2.05, 4.69) is 10.2 Å². The summed E-state index contributed by atoms with van der Waals surface area (Å²) in [4.78, 5) is 10.9. The number of aromatic nitrogens is 3. The third-order valence-corrected chi connectivity index (χ3v) is 2.63. The van der Waals surface area contributed by atoms with Gasteiger partial charge in [0.25, 0.3) is 5.91 Å². The number of amides is 1. The van der Waals surface area contributed by atoms with Crippen LogP contribution in [-0.2, 0) is 13.0 Å². The molecule has 1 aliphatic rings. The molecule has 16 heavy (non-hydrogen) atoms. The fraction of sp³-hybridized carbons (Fsp3) is 0.625. The van der Waals surface area contributed by atoms with E-state index < -0.39 is 18.0 Å². The Hall–Kier alpha value is -1.60. The molecule has 0 radical (unpaired) electrons. The van der Waals surface area contributed by atoms with Crippen molar-refractivity contribution in [2.75, 3.05) is 0 Å². The van der Waals surface area contributed by atoms with Crippen LogP contribution in [0.1, 0.15) is 22.9 Å². The summed E-state index contributed by atoms with van der Waals surface area (Å²) in [5, 5.41) is 7.12. The average Bonchev–Trinajstić information content (AvgIpc) is 2.58. The predicted octanol–water partition coefficient (Wildman–Crippen LogP) is 0.502. The van der Waals surface area contributed by atoms with Gasteiger partial charge in [0.2, 0.25) is 5.82 Å². The van der Waals surface area contributed by atoms with Crippen LogP contribution >= 0.6 is 0 Å². The normalized spacial score (nSPS) is 20.6. The van der Waals surface area contributed by atoms with Crippen LogP contribution in [-0.4, -0.2) is 26.8 Å². The van der Waals surface area contributed by atoms with Crippen molar-refractivity contribution in [1.29, 1.82) is 0 Å². The Morgan fingerprint density at radius 1 is 1.44 bits per heavy atom. The van der Waals surface area contributed by atoms with Gasteiger partial charge in [-0.25, -0.2) is 0 Å². The molecule has 8 heteroatoms. The minimum atomic E-state index is -4.27. The Labute approximate surface area is 88.4 Å². The second-order valence-corrected chi connectivity index (χ2v) is 3.69. The fourth-order valence-electron chi connectivity index (χ4n) is 1.78. The zero-order valence-corrected chi connectivity index (χ0v) is 8.16. The molecule has 5 nitrogen and oxygen atoms in total. The summed E-state index contributed by atoms with van der Waals surface area (Å²) in [5.41, 5.74) is 4.99. The molecule has 0 saturated carbocycles. The Morgan fingerprint density at radius 2 is 2.12 bits per heavy atom. The fourth-order valence-corrected chi connectivity index (χ4v) is 1.78. The molecule has 0 aliphatic carbocycles. The number of fused-ring (bicyclic) bond motifs is 1. The van der Waals surface area contributed by atoms with Crippen LogP contribution in [0.3, 0.4) is 0 Å². The molecule has 0 spiro atoms. The van der Waals surface area contributed by atoms with Gasteiger partial charge >= 0.3 is 6.18 Å². The minimum Gasteiger partial charge on any atom is -0.363 e. The van der Waals surface area contributed by atoms with Gasteiger partial charge in [-0.1, -0.05) is 0 Å². The molecule has 1 aliphatic heterocycles. The van der Waals surface area contributed by atoms with E-state index in [-0.39, 0.29) is 25.2 Å². The lowest BCUT2D eigenvalue weighted by Gasteiger charge is -2.25. The van der Waals surface area contributed by atoms with Crippen molar-refractivity contribution in [3.05, 3.63) is 11.6 Å². The standard InChI is InChI=1S/C8H9F3N4O/c9-8(10,11)4-1-2-5-13-14-7(6(12)16)15(5)3-4/h4H,1-3H2,(H2,12,16). The van der Waals surface area contributed by atoms with Crippen LogP contribution in [0.15, 0.2) is 0 Å². The van der Waals surface area contributed by atoms with Gasteiger partial charge in [-0.15, -0.1) is 10.2 Å². The predicted molar refractivity (Wildman–Crippen MR) is 46.4 cm³/mol. The van der Waals surface area contributed by atoms with Gasteiger partial charge in [-0.2, -0.15) is 13.2 Å². The van der Waals surface area contributed by atoms with Crippen molar-refractivity contribution >= 4 is 5.91 Å². The molecule has 2 heterocycles. The van der Waals surface area contributed by atoms with E-state index >= 15 is 0 Å². The molecule has 1 amide bonds. The van der Waals surface area contributed by atoms with Crippen LogP contribution in [0.25, 0.3) is 0 Å². The highest BCUT2D eigenvalue weighted by Crippen LogP contribution is 2.34. The van der Waals surface area contributed by atoms with Crippen molar-refractivity contribution in [2.24, 2.45) is 11.7 Å². The smallest absolute Gasteiger partial charge is 0.363 e. The molecule has 0 bridgehead atoms. The zero-order chi connectivity index (χ0) is 11.9. The Balaban J connectivity index is 2.31. The lowest BCUT2D eigenvalue weighted by Crippen LogP contribution is -2.34. The summed E-state index contributed by atoms with van der Waals surface area (Å²) in [6.07, 6.45) is -4.14. The first kappa shape index (κ1) is 10.9. The Bertz CT molecular complexity index is 425.